The summed E-state index contributed by atoms with van der Waals surface area (Å²) in [5.41, 5.74) is 2.22. The summed E-state index contributed by atoms with van der Waals surface area (Å²) in [4.78, 5) is 15.8. The standard InChI is InChI=1S/C19H23N3O2/c1-14(16-7-9-20-10-8-16)21-17-11-18(12-17)22-19(23)24-13-15-5-3-2-4-6-15/h2-10,14,17-18,21H,11-13H2,1H3,(H,22,23)/t14-,17?,18?/m1/s1. The topological polar surface area (TPSA) is 63.2 Å². The molecule has 2 aromatic rings. The van der Waals surface area contributed by atoms with Gasteiger partial charge < -0.3 is 15.4 Å². The molecule has 1 aliphatic carbocycles. The summed E-state index contributed by atoms with van der Waals surface area (Å²) in [5, 5.41) is 6.49. The van der Waals surface area contributed by atoms with Gasteiger partial charge in [-0.05, 0) is 43.0 Å². The number of hydrogen-bond donors (Lipinski definition) is 2. The first kappa shape index (κ1) is 16.5. The van der Waals surface area contributed by atoms with Crippen molar-refractivity contribution < 1.29 is 9.53 Å². The zero-order chi connectivity index (χ0) is 16.8. The van der Waals surface area contributed by atoms with E-state index >= 15 is 0 Å². The van der Waals surface area contributed by atoms with Crippen LogP contribution in [0.25, 0.3) is 0 Å². The van der Waals surface area contributed by atoms with Crippen LogP contribution in [-0.4, -0.2) is 23.2 Å². The zero-order valence-electron chi connectivity index (χ0n) is 13.8. The molecule has 1 aromatic heterocycles. The van der Waals surface area contributed by atoms with Crippen molar-refractivity contribution in [3.63, 3.8) is 0 Å². The predicted octanol–water partition coefficient (Wildman–Crippen LogP) is 3.19. The van der Waals surface area contributed by atoms with Gasteiger partial charge >= 0.3 is 6.09 Å². The van der Waals surface area contributed by atoms with Gasteiger partial charge in [-0.2, -0.15) is 0 Å². The second kappa shape index (κ2) is 7.93. The normalized spacial score (nSPS) is 20.7. The maximum atomic E-state index is 11.8. The van der Waals surface area contributed by atoms with Crippen molar-refractivity contribution in [1.82, 2.24) is 15.6 Å². The molecule has 0 radical (unpaired) electrons. The number of nitrogens with one attached hydrogen (secondary N) is 2. The molecule has 0 spiro atoms. The molecule has 1 amide bonds. The van der Waals surface area contributed by atoms with Gasteiger partial charge in [0, 0.05) is 30.5 Å². The molecule has 3 rings (SSSR count). The predicted molar refractivity (Wildman–Crippen MR) is 92.4 cm³/mol. The fourth-order valence-corrected chi connectivity index (χ4v) is 2.91. The van der Waals surface area contributed by atoms with E-state index in [0.717, 1.165) is 18.4 Å². The maximum Gasteiger partial charge on any atom is 0.407 e. The van der Waals surface area contributed by atoms with Crippen molar-refractivity contribution in [3.8, 4) is 0 Å². The van der Waals surface area contributed by atoms with Crippen LogP contribution in [0.15, 0.2) is 54.9 Å². The average Bonchev–Trinajstić information content (AvgIpc) is 2.59. The first-order valence-electron chi connectivity index (χ1n) is 8.34. The Kier molecular flexibility index (Phi) is 5.43. The fraction of sp³-hybridized carbons (Fsp3) is 0.368. The number of amides is 1. The quantitative estimate of drug-likeness (QED) is 0.856. The first-order valence-corrected chi connectivity index (χ1v) is 8.34. The largest absolute Gasteiger partial charge is 0.445 e. The van der Waals surface area contributed by atoms with Gasteiger partial charge in [0.1, 0.15) is 6.61 Å². The Bertz CT molecular complexity index is 642. The number of nitrogens with zero attached hydrogens (tertiary/aromatic N) is 1. The Morgan fingerprint density at radius 1 is 1.17 bits per heavy atom. The number of aromatic nitrogens is 1. The summed E-state index contributed by atoms with van der Waals surface area (Å²) in [7, 11) is 0. The smallest absolute Gasteiger partial charge is 0.407 e. The van der Waals surface area contributed by atoms with Crippen LogP contribution < -0.4 is 10.6 Å². The summed E-state index contributed by atoms with van der Waals surface area (Å²) >= 11 is 0. The number of ether oxygens (including phenoxy) is 1. The fourth-order valence-electron chi connectivity index (χ4n) is 2.91. The third kappa shape index (κ3) is 4.55. The average molecular weight is 325 g/mol. The molecule has 1 heterocycles. The Labute approximate surface area is 142 Å². The molecule has 2 N–H and O–H groups in total. The van der Waals surface area contributed by atoms with Crippen LogP contribution in [0.4, 0.5) is 4.79 Å². The molecular formula is C19H23N3O2. The molecule has 0 aliphatic heterocycles. The molecule has 1 aliphatic rings. The van der Waals surface area contributed by atoms with Crippen LogP contribution in [0.2, 0.25) is 0 Å². The zero-order valence-corrected chi connectivity index (χ0v) is 13.8. The molecule has 0 bridgehead atoms. The molecule has 0 saturated heterocycles. The minimum atomic E-state index is -0.343. The van der Waals surface area contributed by atoms with Crippen LogP contribution >= 0.6 is 0 Å². The summed E-state index contributed by atoms with van der Waals surface area (Å²) < 4.78 is 5.24. The minimum Gasteiger partial charge on any atom is -0.445 e. The Balaban J connectivity index is 1.34. The van der Waals surface area contributed by atoms with Crippen LogP contribution in [0.3, 0.4) is 0 Å². The van der Waals surface area contributed by atoms with Gasteiger partial charge in [-0.15, -0.1) is 0 Å². The number of pyridine rings is 1. The van der Waals surface area contributed by atoms with Crippen molar-refractivity contribution in [2.24, 2.45) is 0 Å². The van der Waals surface area contributed by atoms with E-state index in [1.54, 1.807) is 12.4 Å². The molecule has 1 atom stereocenters. The number of hydrogen-bond acceptors (Lipinski definition) is 4. The summed E-state index contributed by atoms with van der Waals surface area (Å²) in [6, 6.07) is 14.6. The van der Waals surface area contributed by atoms with E-state index in [9.17, 15) is 4.79 Å². The van der Waals surface area contributed by atoms with Crippen LogP contribution in [0.5, 0.6) is 0 Å². The van der Waals surface area contributed by atoms with E-state index in [1.165, 1.54) is 5.56 Å². The second-order valence-corrected chi connectivity index (χ2v) is 6.24. The Morgan fingerprint density at radius 2 is 1.88 bits per heavy atom. The maximum absolute atomic E-state index is 11.8. The molecule has 5 heteroatoms. The highest BCUT2D eigenvalue weighted by Crippen LogP contribution is 2.23. The van der Waals surface area contributed by atoms with Crippen LogP contribution in [0, 0.1) is 0 Å². The number of carbonyl (C=O) groups is 1. The highest BCUT2D eigenvalue weighted by Gasteiger charge is 2.31. The van der Waals surface area contributed by atoms with Crippen LogP contribution in [0.1, 0.15) is 36.9 Å². The van der Waals surface area contributed by atoms with Crippen molar-refractivity contribution in [2.45, 2.75) is 44.5 Å². The van der Waals surface area contributed by atoms with E-state index in [0.29, 0.717) is 12.6 Å². The monoisotopic (exact) mass is 325 g/mol. The number of alkyl carbamates (subject to hydrolysis) is 1. The summed E-state index contributed by atoms with van der Waals surface area (Å²) in [6.45, 7) is 2.45. The van der Waals surface area contributed by atoms with Crippen molar-refractivity contribution in [3.05, 3.63) is 66.0 Å². The highest BCUT2D eigenvalue weighted by atomic mass is 16.5. The first-order chi connectivity index (χ1) is 11.7. The van der Waals surface area contributed by atoms with Crippen molar-refractivity contribution >= 4 is 6.09 Å². The van der Waals surface area contributed by atoms with Gasteiger partial charge in [0.2, 0.25) is 0 Å². The molecule has 0 unspecified atom stereocenters. The second-order valence-electron chi connectivity index (χ2n) is 6.24. The van der Waals surface area contributed by atoms with Gasteiger partial charge in [0.05, 0.1) is 0 Å². The number of carbonyl (C=O) groups excluding carboxylic acids is 1. The number of benzene rings is 1. The molecule has 126 valence electrons. The summed E-state index contributed by atoms with van der Waals surface area (Å²) in [5.74, 6) is 0. The SMILES string of the molecule is C[C@@H](NC1CC(NC(=O)OCc2ccccc2)C1)c1ccncc1. The van der Waals surface area contributed by atoms with Gasteiger partial charge in [-0.25, -0.2) is 4.79 Å². The lowest BCUT2D eigenvalue weighted by Gasteiger charge is -2.37. The molecular weight excluding hydrogens is 302 g/mol. The molecule has 1 saturated carbocycles. The molecule has 1 fully saturated rings. The van der Waals surface area contributed by atoms with E-state index in [2.05, 4.69) is 22.5 Å². The van der Waals surface area contributed by atoms with Gasteiger partial charge in [-0.1, -0.05) is 30.3 Å². The van der Waals surface area contributed by atoms with E-state index < -0.39 is 0 Å². The van der Waals surface area contributed by atoms with E-state index in [-0.39, 0.29) is 18.2 Å². The molecule has 24 heavy (non-hydrogen) atoms. The minimum absolute atomic E-state index is 0.190. The Morgan fingerprint density at radius 3 is 2.58 bits per heavy atom. The Hall–Kier alpha value is -2.40. The van der Waals surface area contributed by atoms with E-state index in [1.807, 2.05) is 42.5 Å². The third-order valence-corrected chi connectivity index (χ3v) is 4.36. The van der Waals surface area contributed by atoms with Crippen molar-refractivity contribution in [2.75, 3.05) is 0 Å². The van der Waals surface area contributed by atoms with Crippen molar-refractivity contribution in [1.29, 1.82) is 0 Å². The van der Waals surface area contributed by atoms with Gasteiger partial charge in [-0.3, -0.25) is 4.98 Å². The van der Waals surface area contributed by atoms with Crippen LogP contribution in [-0.2, 0) is 11.3 Å². The lowest BCUT2D eigenvalue weighted by molar-refractivity contribution is 0.124. The number of rotatable bonds is 6. The molecule has 5 nitrogen and oxygen atoms in total. The van der Waals surface area contributed by atoms with Gasteiger partial charge in [0.15, 0.2) is 0 Å². The highest BCUT2D eigenvalue weighted by molar-refractivity contribution is 5.67. The lowest BCUT2D eigenvalue weighted by Crippen LogP contribution is -2.52. The summed E-state index contributed by atoms with van der Waals surface area (Å²) in [6.07, 6.45) is 5.12. The third-order valence-electron chi connectivity index (χ3n) is 4.36. The van der Waals surface area contributed by atoms with Gasteiger partial charge in [0.25, 0.3) is 0 Å². The molecule has 1 aromatic carbocycles. The van der Waals surface area contributed by atoms with E-state index in [4.69, 9.17) is 4.74 Å². The lowest BCUT2D eigenvalue weighted by atomic mass is 9.86.